The van der Waals surface area contributed by atoms with E-state index in [0.29, 0.717) is 48.1 Å². The Kier molecular flexibility index (Phi) is 20.2. The normalized spacial score (nSPS) is 18.8. The lowest BCUT2D eigenvalue weighted by atomic mass is 9.99. The second-order valence-electron chi connectivity index (χ2n) is 6.73. The lowest BCUT2D eigenvalue weighted by molar-refractivity contribution is -0.138. The number of carboxylic acid groups (broad SMARTS) is 2. The summed E-state index contributed by atoms with van der Waals surface area (Å²) in [5, 5.41) is 18.1. The van der Waals surface area contributed by atoms with Gasteiger partial charge in [0, 0.05) is 36.2 Å². The van der Waals surface area contributed by atoms with Crippen LogP contribution in [-0.2, 0) is 23.9 Å². The van der Waals surface area contributed by atoms with Crippen molar-refractivity contribution >= 4 is 47.0 Å². The number of carbonyl (C=O) groups is 4. The summed E-state index contributed by atoms with van der Waals surface area (Å²) in [5.41, 5.74) is 10.9. The van der Waals surface area contributed by atoms with Gasteiger partial charge >= 0.3 is 11.9 Å². The maximum absolute atomic E-state index is 10.6. The Labute approximate surface area is 195 Å². The molecule has 0 aromatic rings. The molecule has 0 bridgehead atoms. The molecule has 6 N–H and O–H groups in total. The Balaban J connectivity index is -0.000000521. The number of thioether (sulfide) groups is 2. The molecule has 9 nitrogen and oxygen atoms in total. The number of carboxylic acids is 2. The fraction of sp³-hybridized carbons (Fsp3) is 0.800. The van der Waals surface area contributed by atoms with Crippen molar-refractivity contribution in [2.45, 2.75) is 76.9 Å². The second kappa shape index (κ2) is 19.5. The molecular formula is C20H40N2O7S2. The largest absolute Gasteiger partial charge is 0.480 e. The molecule has 0 aromatic carbocycles. The summed E-state index contributed by atoms with van der Waals surface area (Å²) < 4.78 is 10.8. The van der Waals surface area contributed by atoms with E-state index in [0.717, 1.165) is 12.8 Å². The molecule has 0 spiro atoms. The van der Waals surface area contributed by atoms with Gasteiger partial charge in [-0.2, -0.15) is 23.5 Å². The zero-order chi connectivity index (χ0) is 24.4. The molecule has 0 radical (unpaired) electrons. The molecule has 1 aliphatic carbocycles. The lowest BCUT2D eigenvalue weighted by Crippen LogP contribution is -2.39. The smallest absolute Gasteiger partial charge is 0.321 e. The first-order chi connectivity index (χ1) is 14.5. The van der Waals surface area contributed by atoms with E-state index >= 15 is 0 Å². The Morgan fingerprint density at radius 2 is 1.23 bits per heavy atom. The standard InChI is InChI=1S/C10H18N2O4S2.C8H14O3.2CH4/c11-5(9(13)14)3-17-7-1-2-8(7)18-4-6(12)10(15)16;1-7(9)3-5-11-6-4-8(2)10;;/h5-8H,1-4,11-12H2,(H,13,14)(H,15,16);3-6H2,1-2H3;2*1H4/i;;1D;. The minimum absolute atomic E-state index is 0. The second-order valence-corrected chi connectivity index (χ2v) is 9.27. The van der Waals surface area contributed by atoms with E-state index in [1.807, 2.05) is 0 Å². The van der Waals surface area contributed by atoms with Crippen LogP contribution in [0.2, 0.25) is 0 Å². The molecule has 31 heavy (non-hydrogen) atoms. The predicted octanol–water partition coefficient (Wildman–Crippen LogP) is 2.04. The first kappa shape index (κ1) is 32.0. The number of Topliss-reactive ketones (excluding diaryl/α,β-unsaturated/α-hetero) is 2. The Morgan fingerprint density at radius 1 is 0.903 bits per heavy atom. The van der Waals surface area contributed by atoms with Crippen molar-refractivity contribution in [2.24, 2.45) is 11.5 Å². The van der Waals surface area contributed by atoms with E-state index in [9.17, 15) is 19.2 Å². The number of nitrogens with two attached hydrogens (primary N) is 2. The number of hydrogen-bond donors (Lipinski definition) is 4. The Hall–Kier alpha value is -1.14. The van der Waals surface area contributed by atoms with Crippen molar-refractivity contribution in [1.29, 1.82) is 0 Å². The molecule has 1 fully saturated rings. The number of aliphatic carboxylic acids is 2. The van der Waals surface area contributed by atoms with Gasteiger partial charge < -0.3 is 26.4 Å². The number of rotatable bonds is 14. The van der Waals surface area contributed by atoms with Gasteiger partial charge in [-0.05, 0) is 26.7 Å². The first-order valence-electron chi connectivity index (χ1n) is 10.3. The third-order valence-corrected chi connectivity index (χ3v) is 7.22. The molecule has 1 aliphatic rings. The van der Waals surface area contributed by atoms with Gasteiger partial charge in [-0.15, -0.1) is 0 Å². The summed E-state index contributed by atoms with van der Waals surface area (Å²) in [6, 6.07) is -1.66. The van der Waals surface area contributed by atoms with Crippen LogP contribution >= 0.6 is 23.5 Å². The topological polar surface area (TPSA) is 170 Å². The fourth-order valence-electron chi connectivity index (χ4n) is 1.95. The molecule has 4 unspecified atom stereocenters. The Bertz CT molecular complexity index is 510. The lowest BCUT2D eigenvalue weighted by Gasteiger charge is -2.36. The summed E-state index contributed by atoms with van der Waals surface area (Å²) in [6.07, 6.45) is 2.93. The van der Waals surface area contributed by atoms with Crippen LogP contribution in [0.3, 0.4) is 0 Å². The van der Waals surface area contributed by atoms with Gasteiger partial charge in [0.1, 0.15) is 23.7 Å². The molecule has 1 saturated carbocycles. The molecular weight excluding hydrogens is 444 g/mol. The minimum atomic E-state index is -0.987. The highest BCUT2D eigenvalue weighted by Crippen LogP contribution is 2.40. The van der Waals surface area contributed by atoms with E-state index in [1.165, 1.54) is 21.3 Å². The van der Waals surface area contributed by atoms with Crippen LogP contribution in [-0.4, -0.2) is 81.0 Å². The van der Waals surface area contributed by atoms with Gasteiger partial charge in [0.25, 0.3) is 0 Å². The number of hydrogen-bond acceptors (Lipinski definition) is 9. The molecule has 0 aromatic heterocycles. The van der Waals surface area contributed by atoms with E-state index in [-0.39, 0.29) is 19.0 Å². The summed E-state index contributed by atoms with van der Waals surface area (Å²) in [5.74, 6) is -0.956. The van der Waals surface area contributed by atoms with E-state index in [4.69, 9.17) is 27.8 Å². The molecule has 184 valence electrons. The zero-order valence-corrected chi connectivity index (χ0v) is 19.5. The maximum atomic E-state index is 10.6. The first-order valence-corrected chi connectivity index (χ1v) is 11.4. The van der Waals surface area contributed by atoms with Crippen molar-refractivity contribution in [2.75, 3.05) is 24.7 Å². The molecule has 1 rings (SSSR count). The minimum Gasteiger partial charge on any atom is -0.480 e. The van der Waals surface area contributed by atoms with Gasteiger partial charge in [-0.25, -0.2) is 0 Å². The van der Waals surface area contributed by atoms with Crippen LogP contribution in [0.25, 0.3) is 0 Å². The molecule has 0 saturated heterocycles. The Morgan fingerprint density at radius 3 is 1.45 bits per heavy atom. The molecule has 0 amide bonds. The molecule has 4 atom stereocenters. The van der Waals surface area contributed by atoms with Crippen LogP contribution in [0.5, 0.6) is 0 Å². The monoisotopic (exact) mass is 485 g/mol. The van der Waals surface area contributed by atoms with Gasteiger partial charge in [-0.3, -0.25) is 19.2 Å². The van der Waals surface area contributed by atoms with Gasteiger partial charge in [0.05, 0.1) is 13.2 Å². The van der Waals surface area contributed by atoms with Gasteiger partial charge in [-0.1, -0.05) is 14.8 Å². The van der Waals surface area contributed by atoms with Crippen molar-refractivity contribution in [3.63, 3.8) is 0 Å². The van der Waals surface area contributed by atoms with Crippen LogP contribution in [0, 0.1) is 0 Å². The highest BCUT2D eigenvalue weighted by atomic mass is 32.2. The third-order valence-electron chi connectivity index (χ3n) is 3.96. The van der Waals surface area contributed by atoms with E-state index in [2.05, 4.69) is 0 Å². The van der Waals surface area contributed by atoms with E-state index in [1.54, 1.807) is 23.5 Å². The van der Waals surface area contributed by atoms with Crippen LogP contribution in [0.4, 0.5) is 0 Å². The SMILES string of the molecule is C.CC(=O)CCOCCC(C)=O.NC(CSC1CCC1SCC(N)C(=O)O)C(=O)O.[2H]C. The van der Waals surface area contributed by atoms with Gasteiger partial charge in [0.15, 0.2) is 0 Å². The van der Waals surface area contributed by atoms with Crippen LogP contribution in [0.1, 0.15) is 55.7 Å². The number of ketones is 2. The quantitative estimate of drug-likeness (QED) is 0.265. The summed E-state index contributed by atoms with van der Waals surface area (Å²) in [7, 11) is 1.25. The summed E-state index contributed by atoms with van der Waals surface area (Å²) >= 11 is 3.11. The highest BCUT2D eigenvalue weighted by molar-refractivity contribution is 8.04. The zero-order valence-electron chi connectivity index (χ0n) is 18.9. The molecule has 11 heteroatoms. The average Bonchev–Trinajstić information content (AvgIpc) is 2.68. The van der Waals surface area contributed by atoms with Crippen LogP contribution in [0.15, 0.2) is 0 Å². The average molecular weight is 486 g/mol. The molecule has 0 heterocycles. The van der Waals surface area contributed by atoms with E-state index < -0.39 is 24.0 Å². The third kappa shape index (κ3) is 18.2. The van der Waals surface area contributed by atoms with Crippen molar-refractivity contribution in [1.82, 2.24) is 0 Å². The summed E-state index contributed by atoms with van der Waals surface area (Å²) in [4.78, 5) is 41.9. The number of carbonyl (C=O) groups excluding carboxylic acids is 2. The van der Waals surface area contributed by atoms with Crippen LogP contribution < -0.4 is 11.5 Å². The maximum Gasteiger partial charge on any atom is 0.321 e. The number of ether oxygens (including phenoxy) is 1. The highest BCUT2D eigenvalue weighted by Gasteiger charge is 2.33. The van der Waals surface area contributed by atoms with Crippen molar-refractivity contribution in [3.8, 4) is 0 Å². The molecule has 0 aliphatic heterocycles. The van der Waals surface area contributed by atoms with Gasteiger partial charge in [0.2, 0.25) is 0 Å². The fourth-order valence-corrected chi connectivity index (χ4v) is 4.92. The predicted molar refractivity (Wildman–Crippen MR) is 128 cm³/mol. The van der Waals surface area contributed by atoms with Crippen molar-refractivity contribution in [3.05, 3.63) is 0 Å². The van der Waals surface area contributed by atoms with Crippen molar-refractivity contribution < 1.29 is 35.5 Å². The summed E-state index contributed by atoms with van der Waals surface area (Å²) in [6.45, 7) is 3.91.